The first kappa shape index (κ1) is 17.3. The van der Waals surface area contributed by atoms with Gasteiger partial charge in [-0.1, -0.05) is 6.42 Å². The molecule has 0 aromatic carbocycles. The summed E-state index contributed by atoms with van der Waals surface area (Å²) in [4.78, 5) is 31.6. The summed E-state index contributed by atoms with van der Waals surface area (Å²) < 4.78 is 0. The van der Waals surface area contributed by atoms with Crippen LogP contribution in [0.25, 0.3) is 0 Å². The predicted octanol–water partition coefficient (Wildman–Crippen LogP) is -0.524. The van der Waals surface area contributed by atoms with E-state index in [1.807, 2.05) is 0 Å². The van der Waals surface area contributed by atoms with Gasteiger partial charge >= 0.3 is 17.9 Å². The summed E-state index contributed by atoms with van der Waals surface area (Å²) in [7, 11) is 0. The van der Waals surface area contributed by atoms with Gasteiger partial charge in [0.2, 0.25) is 0 Å². The van der Waals surface area contributed by atoms with E-state index >= 15 is 0 Å². The highest BCUT2D eigenvalue weighted by molar-refractivity contribution is 5.75. The molecular formula is C11H20N2O6. The van der Waals surface area contributed by atoms with Crippen LogP contribution in [0.15, 0.2) is 0 Å². The van der Waals surface area contributed by atoms with Crippen LogP contribution in [0.5, 0.6) is 0 Å². The lowest BCUT2D eigenvalue weighted by Crippen LogP contribution is -2.37. The third-order valence-electron chi connectivity index (χ3n) is 2.59. The van der Waals surface area contributed by atoms with Gasteiger partial charge < -0.3 is 26.4 Å². The Morgan fingerprint density at radius 2 is 1.63 bits per heavy atom. The number of carboxylic acid groups (broad SMARTS) is 3. The van der Waals surface area contributed by atoms with E-state index < -0.39 is 30.0 Å². The molecule has 0 saturated heterocycles. The van der Waals surface area contributed by atoms with Crippen molar-refractivity contribution in [1.82, 2.24) is 5.32 Å². The molecule has 110 valence electrons. The minimum Gasteiger partial charge on any atom is -0.481 e. The molecule has 0 heterocycles. The molecule has 2 atom stereocenters. The highest BCUT2D eigenvalue weighted by Gasteiger charge is 2.17. The number of carboxylic acids is 3. The van der Waals surface area contributed by atoms with E-state index in [0.717, 1.165) is 0 Å². The van der Waals surface area contributed by atoms with Gasteiger partial charge in [-0.25, -0.2) is 0 Å². The van der Waals surface area contributed by atoms with Crippen LogP contribution < -0.4 is 11.1 Å². The summed E-state index contributed by atoms with van der Waals surface area (Å²) >= 11 is 0. The first-order chi connectivity index (χ1) is 8.84. The highest BCUT2D eigenvalue weighted by atomic mass is 16.4. The van der Waals surface area contributed by atoms with Crippen LogP contribution in [0, 0.1) is 0 Å². The number of unbranched alkanes of at least 4 members (excludes halogenated alkanes) is 1. The lowest BCUT2D eigenvalue weighted by atomic mass is 10.1. The number of aliphatic carboxylic acids is 3. The minimum atomic E-state index is -1.09. The number of rotatable bonds is 11. The van der Waals surface area contributed by atoms with Crippen molar-refractivity contribution in [3.63, 3.8) is 0 Å². The Morgan fingerprint density at radius 1 is 1.00 bits per heavy atom. The van der Waals surface area contributed by atoms with Crippen molar-refractivity contribution in [3.8, 4) is 0 Å². The van der Waals surface area contributed by atoms with Gasteiger partial charge in [-0.2, -0.15) is 0 Å². The van der Waals surface area contributed by atoms with Crippen molar-refractivity contribution in [3.05, 3.63) is 0 Å². The Labute approximate surface area is 110 Å². The lowest BCUT2D eigenvalue weighted by Gasteiger charge is -2.13. The molecule has 0 aliphatic rings. The van der Waals surface area contributed by atoms with Gasteiger partial charge in [-0.15, -0.1) is 0 Å². The Morgan fingerprint density at radius 3 is 2.11 bits per heavy atom. The van der Waals surface area contributed by atoms with E-state index in [1.54, 1.807) is 0 Å². The third kappa shape index (κ3) is 8.97. The van der Waals surface area contributed by atoms with Gasteiger partial charge in [-0.05, 0) is 25.8 Å². The Kier molecular flexibility index (Phi) is 8.47. The largest absolute Gasteiger partial charge is 0.481 e. The van der Waals surface area contributed by atoms with Crippen LogP contribution in [0.2, 0.25) is 0 Å². The molecule has 0 aromatic rings. The molecule has 0 bridgehead atoms. The van der Waals surface area contributed by atoms with Crippen molar-refractivity contribution >= 4 is 17.9 Å². The SMILES string of the molecule is N[C@@H](CCCCN[C@H](CCC(=O)O)C(=O)O)C(=O)O. The Bertz CT molecular complexity index is 320. The predicted molar refractivity (Wildman–Crippen MR) is 65.8 cm³/mol. The highest BCUT2D eigenvalue weighted by Crippen LogP contribution is 2.01. The zero-order valence-corrected chi connectivity index (χ0v) is 10.5. The molecule has 0 rings (SSSR count). The smallest absolute Gasteiger partial charge is 0.320 e. The van der Waals surface area contributed by atoms with Crippen molar-refractivity contribution in [2.75, 3.05) is 6.54 Å². The average Bonchev–Trinajstić information content (AvgIpc) is 2.31. The molecule has 0 radical (unpaired) electrons. The van der Waals surface area contributed by atoms with Crippen molar-refractivity contribution < 1.29 is 29.7 Å². The number of hydrogen-bond donors (Lipinski definition) is 5. The molecule has 0 fully saturated rings. The van der Waals surface area contributed by atoms with Crippen LogP contribution in [0.1, 0.15) is 32.1 Å². The van der Waals surface area contributed by atoms with E-state index in [1.165, 1.54) is 0 Å². The van der Waals surface area contributed by atoms with Gasteiger partial charge in [0, 0.05) is 6.42 Å². The number of hydrogen-bond acceptors (Lipinski definition) is 5. The number of carbonyl (C=O) groups is 3. The van der Waals surface area contributed by atoms with E-state index in [2.05, 4.69) is 5.32 Å². The quantitative estimate of drug-likeness (QED) is 0.316. The third-order valence-corrected chi connectivity index (χ3v) is 2.59. The monoisotopic (exact) mass is 276 g/mol. The minimum absolute atomic E-state index is 0.0132. The van der Waals surface area contributed by atoms with Crippen LogP contribution in [0.4, 0.5) is 0 Å². The molecule has 0 spiro atoms. The van der Waals surface area contributed by atoms with Crippen LogP contribution in [-0.4, -0.2) is 51.9 Å². The van der Waals surface area contributed by atoms with E-state index in [4.69, 9.17) is 21.1 Å². The zero-order valence-electron chi connectivity index (χ0n) is 10.5. The van der Waals surface area contributed by atoms with Crippen molar-refractivity contribution in [2.45, 2.75) is 44.2 Å². The summed E-state index contributed by atoms with van der Waals surface area (Å²) in [6.07, 6.45) is 1.26. The van der Waals surface area contributed by atoms with Crippen LogP contribution in [0.3, 0.4) is 0 Å². The zero-order chi connectivity index (χ0) is 14.8. The second kappa shape index (κ2) is 9.29. The van der Waals surface area contributed by atoms with Gasteiger partial charge in [0.05, 0.1) is 0 Å². The van der Waals surface area contributed by atoms with Gasteiger partial charge in [0.1, 0.15) is 12.1 Å². The molecule has 0 aliphatic carbocycles. The van der Waals surface area contributed by atoms with Gasteiger partial charge in [0.15, 0.2) is 0 Å². The normalized spacial score (nSPS) is 13.7. The molecule has 0 aromatic heterocycles. The summed E-state index contributed by atoms with van der Waals surface area (Å²) in [6, 6.07) is -1.80. The molecule has 0 saturated carbocycles. The Balaban J connectivity index is 3.78. The van der Waals surface area contributed by atoms with Crippen LogP contribution >= 0.6 is 0 Å². The first-order valence-corrected chi connectivity index (χ1v) is 6.01. The maximum atomic E-state index is 10.8. The summed E-state index contributed by atoms with van der Waals surface area (Å²) in [5.41, 5.74) is 5.31. The number of nitrogens with one attached hydrogen (secondary N) is 1. The molecule has 6 N–H and O–H groups in total. The topological polar surface area (TPSA) is 150 Å². The maximum Gasteiger partial charge on any atom is 0.320 e. The van der Waals surface area contributed by atoms with Crippen LogP contribution in [-0.2, 0) is 14.4 Å². The van der Waals surface area contributed by atoms with Crippen molar-refractivity contribution in [2.24, 2.45) is 5.73 Å². The fourth-order valence-electron chi connectivity index (χ4n) is 1.47. The van der Waals surface area contributed by atoms with Gasteiger partial charge in [-0.3, -0.25) is 14.4 Å². The summed E-state index contributed by atoms with van der Waals surface area (Å²) in [6.45, 7) is 0.378. The molecule has 8 nitrogen and oxygen atoms in total. The summed E-state index contributed by atoms with van der Waals surface area (Å²) in [5.74, 6) is -3.19. The van der Waals surface area contributed by atoms with Crippen molar-refractivity contribution in [1.29, 1.82) is 0 Å². The lowest BCUT2D eigenvalue weighted by molar-refractivity contribution is -0.141. The molecule has 0 unspecified atom stereocenters. The van der Waals surface area contributed by atoms with E-state index in [0.29, 0.717) is 25.8 Å². The molecule has 0 amide bonds. The van der Waals surface area contributed by atoms with E-state index in [9.17, 15) is 14.4 Å². The molecular weight excluding hydrogens is 256 g/mol. The maximum absolute atomic E-state index is 10.8. The fourth-order valence-corrected chi connectivity index (χ4v) is 1.47. The number of nitrogens with two attached hydrogens (primary N) is 1. The van der Waals surface area contributed by atoms with E-state index in [-0.39, 0.29) is 12.8 Å². The second-order valence-electron chi connectivity index (χ2n) is 4.22. The second-order valence-corrected chi connectivity index (χ2v) is 4.22. The molecule has 19 heavy (non-hydrogen) atoms. The van der Waals surface area contributed by atoms with Gasteiger partial charge in [0.25, 0.3) is 0 Å². The molecule has 8 heteroatoms. The first-order valence-electron chi connectivity index (χ1n) is 6.01. The molecule has 0 aliphatic heterocycles. The summed E-state index contributed by atoms with van der Waals surface area (Å²) in [5, 5.41) is 28.6. The standard InChI is InChI=1S/C11H20N2O6/c12-7(10(16)17)3-1-2-6-13-8(11(18)19)4-5-9(14)15/h7-8,13H,1-6,12H2,(H,14,15)(H,16,17)(H,18,19)/t7-,8+/m0/s1. The Hall–Kier alpha value is -1.67. The fraction of sp³-hybridized carbons (Fsp3) is 0.727. The average molecular weight is 276 g/mol.